The third-order valence-corrected chi connectivity index (χ3v) is 4.05. The Balaban J connectivity index is 1.77. The first-order valence-corrected chi connectivity index (χ1v) is 9.87. The quantitative estimate of drug-likeness (QED) is 0.584. The Morgan fingerprint density at radius 1 is 1.03 bits per heavy atom. The lowest BCUT2D eigenvalue weighted by atomic mass is 10.1. The number of nitrogens with one attached hydrogen (secondary N) is 2. The van der Waals surface area contributed by atoms with Crippen LogP contribution in [0.3, 0.4) is 0 Å². The molecule has 0 spiro atoms. The number of aryl methyl sites for hydroxylation is 1. The Kier molecular flexibility index (Phi) is 8.87. The highest BCUT2D eigenvalue weighted by molar-refractivity contribution is 6.04. The monoisotopic (exact) mass is 412 g/mol. The number of amides is 2. The Labute approximate surface area is 176 Å². The molecule has 7 heteroatoms. The van der Waals surface area contributed by atoms with Crippen molar-refractivity contribution in [3.63, 3.8) is 0 Å². The van der Waals surface area contributed by atoms with Crippen LogP contribution in [0.1, 0.15) is 36.2 Å². The minimum Gasteiger partial charge on any atom is -0.493 e. The fourth-order valence-electron chi connectivity index (χ4n) is 2.54. The zero-order valence-corrected chi connectivity index (χ0v) is 17.6. The van der Waals surface area contributed by atoms with Crippen LogP contribution < -0.4 is 15.4 Å². The minimum atomic E-state index is -0.541. The molecule has 0 radical (unpaired) electrons. The van der Waals surface area contributed by atoms with Gasteiger partial charge in [0.25, 0.3) is 11.8 Å². The molecule has 160 valence electrons. The van der Waals surface area contributed by atoms with Crippen LogP contribution in [-0.2, 0) is 14.3 Å². The largest absolute Gasteiger partial charge is 0.493 e. The summed E-state index contributed by atoms with van der Waals surface area (Å²) in [5.41, 5.74) is 1.77. The van der Waals surface area contributed by atoms with E-state index in [2.05, 4.69) is 10.6 Å². The molecule has 0 saturated heterocycles. The Morgan fingerprint density at radius 2 is 1.80 bits per heavy atom. The van der Waals surface area contributed by atoms with Gasteiger partial charge in [0, 0.05) is 6.54 Å². The van der Waals surface area contributed by atoms with E-state index in [0.717, 1.165) is 5.56 Å². The molecule has 0 aliphatic carbocycles. The Hall–Kier alpha value is -3.35. The molecule has 0 atom stereocenters. The van der Waals surface area contributed by atoms with Crippen LogP contribution in [0.25, 0.3) is 0 Å². The third-order valence-electron chi connectivity index (χ3n) is 4.05. The molecule has 0 aliphatic heterocycles. The van der Waals surface area contributed by atoms with Crippen molar-refractivity contribution in [3.05, 3.63) is 59.7 Å². The SMILES string of the molecule is Cc1cccc(OCCC(=O)OCC(=O)Nc2ccccc2C(=O)NCC(C)C)c1. The van der Waals surface area contributed by atoms with Gasteiger partial charge >= 0.3 is 5.97 Å². The maximum atomic E-state index is 12.3. The van der Waals surface area contributed by atoms with Crippen molar-refractivity contribution in [2.45, 2.75) is 27.2 Å². The molecule has 2 aromatic carbocycles. The van der Waals surface area contributed by atoms with E-state index in [0.29, 0.717) is 29.5 Å². The molecule has 0 bridgehead atoms. The second-order valence-electron chi connectivity index (χ2n) is 7.27. The summed E-state index contributed by atoms with van der Waals surface area (Å²) in [5, 5.41) is 5.43. The minimum absolute atomic E-state index is 0.0232. The number of hydrogen-bond acceptors (Lipinski definition) is 5. The highest BCUT2D eigenvalue weighted by Crippen LogP contribution is 2.15. The van der Waals surface area contributed by atoms with Gasteiger partial charge in [0.15, 0.2) is 6.61 Å². The Bertz CT molecular complexity index is 879. The molecular weight excluding hydrogens is 384 g/mol. The van der Waals surface area contributed by atoms with Gasteiger partial charge in [-0.1, -0.05) is 38.1 Å². The second-order valence-corrected chi connectivity index (χ2v) is 7.27. The summed E-state index contributed by atoms with van der Waals surface area (Å²) in [5.74, 6) is -0.351. The lowest BCUT2D eigenvalue weighted by molar-refractivity contribution is -0.147. The predicted molar refractivity (Wildman–Crippen MR) is 114 cm³/mol. The van der Waals surface area contributed by atoms with Crippen LogP contribution in [0, 0.1) is 12.8 Å². The van der Waals surface area contributed by atoms with Gasteiger partial charge in [0.05, 0.1) is 24.3 Å². The maximum absolute atomic E-state index is 12.3. The van der Waals surface area contributed by atoms with Crippen molar-refractivity contribution in [3.8, 4) is 5.75 Å². The second kappa shape index (κ2) is 11.6. The average molecular weight is 412 g/mol. The van der Waals surface area contributed by atoms with Crippen molar-refractivity contribution in [2.75, 3.05) is 25.1 Å². The standard InChI is InChI=1S/C23H28N2O5/c1-16(2)14-24-23(28)19-9-4-5-10-20(19)25-21(26)15-30-22(27)11-12-29-18-8-6-7-17(3)13-18/h4-10,13,16H,11-12,14-15H2,1-3H3,(H,24,28)(H,25,26). The van der Waals surface area contributed by atoms with E-state index >= 15 is 0 Å². The number of rotatable bonds is 10. The molecule has 2 rings (SSSR count). The van der Waals surface area contributed by atoms with E-state index in [4.69, 9.17) is 9.47 Å². The zero-order valence-electron chi connectivity index (χ0n) is 17.6. The number of benzene rings is 2. The molecular formula is C23H28N2O5. The first kappa shape index (κ1) is 22.9. The van der Waals surface area contributed by atoms with E-state index in [9.17, 15) is 14.4 Å². The van der Waals surface area contributed by atoms with E-state index in [1.807, 2.05) is 39.0 Å². The summed E-state index contributed by atoms with van der Waals surface area (Å²) in [7, 11) is 0. The van der Waals surface area contributed by atoms with Crippen molar-refractivity contribution in [1.82, 2.24) is 5.32 Å². The van der Waals surface area contributed by atoms with Crippen LogP contribution in [0.2, 0.25) is 0 Å². The number of carbonyl (C=O) groups is 3. The molecule has 7 nitrogen and oxygen atoms in total. The number of anilines is 1. The summed E-state index contributed by atoms with van der Waals surface area (Å²) in [6, 6.07) is 14.2. The molecule has 0 fully saturated rings. The number of hydrogen-bond donors (Lipinski definition) is 2. The van der Waals surface area contributed by atoms with Crippen molar-refractivity contribution >= 4 is 23.5 Å². The van der Waals surface area contributed by atoms with Crippen LogP contribution in [-0.4, -0.2) is 37.5 Å². The van der Waals surface area contributed by atoms with Gasteiger partial charge < -0.3 is 20.1 Å². The summed E-state index contributed by atoms with van der Waals surface area (Å²) in [4.78, 5) is 36.3. The van der Waals surface area contributed by atoms with Gasteiger partial charge in [-0.3, -0.25) is 14.4 Å². The van der Waals surface area contributed by atoms with E-state index < -0.39 is 18.5 Å². The van der Waals surface area contributed by atoms with Gasteiger partial charge in [-0.25, -0.2) is 0 Å². The van der Waals surface area contributed by atoms with Crippen LogP contribution in [0.15, 0.2) is 48.5 Å². The molecule has 2 N–H and O–H groups in total. The molecule has 0 aliphatic rings. The van der Waals surface area contributed by atoms with Crippen LogP contribution >= 0.6 is 0 Å². The summed E-state index contributed by atoms with van der Waals surface area (Å²) in [6.45, 7) is 6.19. The summed E-state index contributed by atoms with van der Waals surface area (Å²) in [6.07, 6.45) is 0.0232. The first-order valence-electron chi connectivity index (χ1n) is 9.87. The summed E-state index contributed by atoms with van der Waals surface area (Å²) >= 11 is 0. The zero-order chi connectivity index (χ0) is 21.9. The Morgan fingerprint density at radius 3 is 2.53 bits per heavy atom. The van der Waals surface area contributed by atoms with E-state index in [1.54, 1.807) is 30.3 Å². The lowest BCUT2D eigenvalue weighted by Crippen LogP contribution is -2.29. The van der Waals surface area contributed by atoms with Crippen molar-refractivity contribution in [1.29, 1.82) is 0 Å². The molecule has 0 unspecified atom stereocenters. The number of esters is 1. The molecule has 2 aromatic rings. The van der Waals surface area contributed by atoms with E-state index in [1.165, 1.54) is 0 Å². The van der Waals surface area contributed by atoms with Gasteiger partial charge in [-0.05, 0) is 42.7 Å². The average Bonchev–Trinajstić information content (AvgIpc) is 2.71. The number of para-hydroxylation sites is 1. The number of carbonyl (C=O) groups excluding carboxylic acids is 3. The highest BCUT2D eigenvalue weighted by Gasteiger charge is 2.14. The fourth-order valence-corrected chi connectivity index (χ4v) is 2.54. The predicted octanol–water partition coefficient (Wildman–Crippen LogP) is 3.33. The highest BCUT2D eigenvalue weighted by atomic mass is 16.5. The topological polar surface area (TPSA) is 93.7 Å². The molecule has 30 heavy (non-hydrogen) atoms. The van der Waals surface area contributed by atoms with Crippen molar-refractivity contribution < 1.29 is 23.9 Å². The number of ether oxygens (including phenoxy) is 2. The van der Waals surface area contributed by atoms with Crippen molar-refractivity contribution in [2.24, 2.45) is 5.92 Å². The van der Waals surface area contributed by atoms with Gasteiger partial charge in [-0.15, -0.1) is 0 Å². The van der Waals surface area contributed by atoms with Gasteiger partial charge in [0.2, 0.25) is 0 Å². The van der Waals surface area contributed by atoms with E-state index in [-0.39, 0.29) is 18.9 Å². The normalized spacial score (nSPS) is 10.4. The maximum Gasteiger partial charge on any atom is 0.309 e. The fraction of sp³-hybridized carbons (Fsp3) is 0.348. The molecule has 0 saturated carbocycles. The molecule has 0 aromatic heterocycles. The smallest absolute Gasteiger partial charge is 0.309 e. The lowest BCUT2D eigenvalue weighted by Gasteiger charge is -2.12. The molecule has 2 amide bonds. The van der Waals surface area contributed by atoms with Gasteiger partial charge in [-0.2, -0.15) is 0 Å². The van der Waals surface area contributed by atoms with Crippen LogP contribution in [0.5, 0.6) is 5.75 Å². The third kappa shape index (κ3) is 7.95. The van der Waals surface area contributed by atoms with Crippen LogP contribution in [0.4, 0.5) is 5.69 Å². The van der Waals surface area contributed by atoms with Gasteiger partial charge in [0.1, 0.15) is 5.75 Å². The molecule has 0 heterocycles. The summed E-state index contributed by atoms with van der Waals surface area (Å²) < 4.78 is 10.5. The first-order chi connectivity index (χ1) is 14.3.